The Balaban J connectivity index is 2.29. The molecule has 1 aliphatic heterocycles. The van der Waals surface area contributed by atoms with Crippen molar-refractivity contribution in [3.63, 3.8) is 0 Å². The van der Waals surface area contributed by atoms with E-state index in [0.29, 0.717) is 23.5 Å². The van der Waals surface area contributed by atoms with Gasteiger partial charge in [0.15, 0.2) is 11.6 Å². The maximum atomic E-state index is 13.4. The van der Waals surface area contributed by atoms with Crippen LogP contribution in [0, 0.1) is 17.6 Å². The van der Waals surface area contributed by atoms with E-state index in [-0.39, 0.29) is 5.56 Å². The van der Waals surface area contributed by atoms with Gasteiger partial charge in [0, 0.05) is 17.6 Å². The minimum atomic E-state index is -1.08. The Hall–Kier alpha value is -0.970. The highest BCUT2D eigenvalue weighted by Gasteiger charge is 2.30. The van der Waals surface area contributed by atoms with Crippen LogP contribution in [0.25, 0.3) is 0 Å². The molecule has 1 heterocycles. The van der Waals surface area contributed by atoms with Crippen LogP contribution in [0.15, 0.2) is 16.6 Å². The Labute approximate surface area is 100 Å². The molecule has 0 atom stereocenters. The predicted molar refractivity (Wildman–Crippen MR) is 59.1 cm³/mol. The molecule has 0 bridgehead atoms. The number of carbonyl (C=O) groups is 1. The standard InChI is InChI=1S/C11H10BrF2NO/c1-6-4-15(5-6)11(16)8-2-7(12)3-9(13)10(8)14/h2-3,6H,4-5H2,1H3. The molecule has 1 saturated heterocycles. The van der Waals surface area contributed by atoms with Gasteiger partial charge in [-0.15, -0.1) is 0 Å². The summed E-state index contributed by atoms with van der Waals surface area (Å²) in [6.45, 7) is 3.21. The molecule has 0 spiro atoms. The van der Waals surface area contributed by atoms with Crippen LogP contribution in [0.4, 0.5) is 8.78 Å². The van der Waals surface area contributed by atoms with Crippen LogP contribution in [0.3, 0.4) is 0 Å². The summed E-state index contributed by atoms with van der Waals surface area (Å²) in [5, 5.41) is 0. The average molecular weight is 290 g/mol. The molecule has 0 saturated carbocycles. The first-order chi connectivity index (χ1) is 7.49. The molecule has 0 unspecified atom stereocenters. The fraction of sp³-hybridized carbons (Fsp3) is 0.364. The first-order valence-electron chi connectivity index (χ1n) is 4.93. The minimum absolute atomic E-state index is 0.209. The second-order valence-electron chi connectivity index (χ2n) is 4.06. The molecular weight excluding hydrogens is 280 g/mol. The minimum Gasteiger partial charge on any atom is -0.338 e. The van der Waals surface area contributed by atoms with Crippen molar-refractivity contribution in [1.82, 2.24) is 4.90 Å². The van der Waals surface area contributed by atoms with Gasteiger partial charge in [0.1, 0.15) is 0 Å². The number of nitrogens with zero attached hydrogens (tertiary/aromatic N) is 1. The maximum absolute atomic E-state index is 13.4. The number of likely N-dealkylation sites (tertiary alicyclic amines) is 1. The lowest BCUT2D eigenvalue weighted by atomic mass is 10.0. The number of benzene rings is 1. The summed E-state index contributed by atoms with van der Waals surface area (Å²) in [5.41, 5.74) is -0.209. The molecule has 16 heavy (non-hydrogen) atoms. The highest BCUT2D eigenvalue weighted by Crippen LogP contribution is 2.23. The molecule has 0 radical (unpaired) electrons. The molecule has 0 aromatic heterocycles. The zero-order valence-electron chi connectivity index (χ0n) is 8.64. The molecule has 1 amide bonds. The zero-order valence-corrected chi connectivity index (χ0v) is 10.2. The van der Waals surface area contributed by atoms with Crippen molar-refractivity contribution < 1.29 is 13.6 Å². The van der Waals surface area contributed by atoms with Crippen molar-refractivity contribution in [2.24, 2.45) is 5.92 Å². The third kappa shape index (κ3) is 1.96. The van der Waals surface area contributed by atoms with E-state index < -0.39 is 17.5 Å². The lowest BCUT2D eigenvalue weighted by molar-refractivity contribution is 0.0524. The van der Waals surface area contributed by atoms with Crippen LogP contribution < -0.4 is 0 Å². The molecule has 1 aliphatic rings. The quantitative estimate of drug-likeness (QED) is 0.728. The first kappa shape index (κ1) is 11.5. The lowest BCUT2D eigenvalue weighted by Gasteiger charge is -2.37. The molecule has 0 N–H and O–H groups in total. The summed E-state index contributed by atoms with van der Waals surface area (Å²) >= 11 is 3.04. The van der Waals surface area contributed by atoms with Crippen LogP contribution in [0.2, 0.25) is 0 Å². The zero-order chi connectivity index (χ0) is 11.9. The lowest BCUT2D eigenvalue weighted by Crippen LogP contribution is -2.48. The topological polar surface area (TPSA) is 20.3 Å². The van der Waals surface area contributed by atoms with Gasteiger partial charge < -0.3 is 4.90 Å². The van der Waals surface area contributed by atoms with Crippen molar-refractivity contribution in [3.05, 3.63) is 33.8 Å². The van der Waals surface area contributed by atoms with Crippen molar-refractivity contribution in [2.75, 3.05) is 13.1 Å². The summed E-state index contributed by atoms with van der Waals surface area (Å²) in [6, 6.07) is 2.31. The van der Waals surface area contributed by atoms with Crippen molar-refractivity contribution in [1.29, 1.82) is 0 Å². The number of amides is 1. The third-order valence-corrected chi connectivity index (χ3v) is 3.03. The van der Waals surface area contributed by atoms with Crippen molar-refractivity contribution in [3.8, 4) is 0 Å². The summed E-state index contributed by atoms with van der Waals surface area (Å²) in [6.07, 6.45) is 0. The maximum Gasteiger partial charge on any atom is 0.257 e. The van der Waals surface area contributed by atoms with Gasteiger partial charge >= 0.3 is 0 Å². The van der Waals surface area contributed by atoms with E-state index in [1.165, 1.54) is 11.0 Å². The van der Waals surface area contributed by atoms with E-state index in [1.807, 2.05) is 6.92 Å². The van der Waals surface area contributed by atoms with E-state index in [0.717, 1.165) is 6.07 Å². The summed E-state index contributed by atoms with van der Waals surface area (Å²) < 4.78 is 26.9. The number of halogens is 3. The van der Waals surface area contributed by atoms with Gasteiger partial charge in [-0.1, -0.05) is 22.9 Å². The smallest absolute Gasteiger partial charge is 0.257 e. The SMILES string of the molecule is CC1CN(C(=O)c2cc(Br)cc(F)c2F)C1. The van der Waals surface area contributed by atoms with E-state index in [2.05, 4.69) is 15.9 Å². The Morgan fingerprint density at radius 3 is 2.62 bits per heavy atom. The molecule has 86 valence electrons. The summed E-state index contributed by atoms with van der Waals surface area (Å²) in [4.78, 5) is 13.3. The Bertz CT molecular complexity index is 444. The molecule has 5 heteroatoms. The van der Waals surface area contributed by atoms with Gasteiger partial charge in [0.2, 0.25) is 0 Å². The monoisotopic (exact) mass is 289 g/mol. The fourth-order valence-corrected chi connectivity index (χ4v) is 2.18. The van der Waals surface area contributed by atoms with Gasteiger partial charge in [-0.3, -0.25) is 4.79 Å². The van der Waals surface area contributed by atoms with Crippen LogP contribution in [0.5, 0.6) is 0 Å². The molecule has 1 aromatic rings. The largest absolute Gasteiger partial charge is 0.338 e. The van der Waals surface area contributed by atoms with Crippen LogP contribution in [-0.2, 0) is 0 Å². The number of rotatable bonds is 1. The highest BCUT2D eigenvalue weighted by atomic mass is 79.9. The molecule has 1 aromatic carbocycles. The third-order valence-electron chi connectivity index (χ3n) is 2.57. The van der Waals surface area contributed by atoms with Gasteiger partial charge in [-0.25, -0.2) is 8.78 Å². The highest BCUT2D eigenvalue weighted by molar-refractivity contribution is 9.10. The van der Waals surface area contributed by atoms with Crippen LogP contribution >= 0.6 is 15.9 Å². The Morgan fingerprint density at radius 1 is 1.44 bits per heavy atom. The van der Waals surface area contributed by atoms with Gasteiger partial charge in [-0.2, -0.15) is 0 Å². The normalized spacial score (nSPS) is 16.1. The average Bonchev–Trinajstić information content (AvgIpc) is 2.18. The Kier molecular flexibility index (Phi) is 2.97. The number of carbonyl (C=O) groups excluding carboxylic acids is 1. The van der Waals surface area contributed by atoms with Crippen molar-refractivity contribution >= 4 is 21.8 Å². The molecular formula is C11H10BrF2NO. The fourth-order valence-electron chi connectivity index (χ4n) is 1.75. The molecule has 1 fully saturated rings. The van der Waals surface area contributed by atoms with E-state index >= 15 is 0 Å². The van der Waals surface area contributed by atoms with Gasteiger partial charge in [0.05, 0.1) is 5.56 Å². The molecule has 2 rings (SSSR count). The van der Waals surface area contributed by atoms with Gasteiger partial charge in [0.25, 0.3) is 5.91 Å². The van der Waals surface area contributed by atoms with Crippen molar-refractivity contribution in [2.45, 2.75) is 6.92 Å². The van der Waals surface area contributed by atoms with Crippen LogP contribution in [-0.4, -0.2) is 23.9 Å². The second kappa shape index (κ2) is 4.13. The second-order valence-corrected chi connectivity index (χ2v) is 4.98. The number of hydrogen-bond donors (Lipinski definition) is 0. The van der Waals surface area contributed by atoms with E-state index in [9.17, 15) is 13.6 Å². The van der Waals surface area contributed by atoms with Gasteiger partial charge in [-0.05, 0) is 18.1 Å². The van der Waals surface area contributed by atoms with E-state index in [4.69, 9.17) is 0 Å². The number of hydrogen-bond acceptors (Lipinski definition) is 1. The van der Waals surface area contributed by atoms with E-state index in [1.54, 1.807) is 0 Å². The van der Waals surface area contributed by atoms with Crippen LogP contribution in [0.1, 0.15) is 17.3 Å². The molecule has 0 aliphatic carbocycles. The molecule has 2 nitrogen and oxygen atoms in total. The Morgan fingerprint density at radius 2 is 2.06 bits per heavy atom. The first-order valence-corrected chi connectivity index (χ1v) is 5.72. The summed E-state index contributed by atoms with van der Waals surface area (Å²) in [7, 11) is 0. The summed E-state index contributed by atoms with van der Waals surface area (Å²) in [5.74, 6) is -2.10. The predicted octanol–water partition coefficient (Wildman–Crippen LogP) is 2.82.